The molecule has 8 heteroatoms. The standard InChI is InChI=1S/C23H23ClN2O4S/c1-30-21-11-13-22(14-12-21)31(28,29)26(16-15-18-5-3-2-4-6-18)17-23(27)25-20-9-7-19(24)8-10-20/h2-14H,15-17H2,1H3,(H,25,27). The van der Waals surface area contributed by atoms with E-state index < -0.39 is 15.9 Å². The van der Waals surface area contributed by atoms with Crippen LogP contribution in [0.15, 0.2) is 83.8 Å². The number of halogens is 1. The molecule has 1 N–H and O–H groups in total. The maximum atomic E-state index is 13.3. The van der Waals surface area contributed by atoms with Gasteiger partial charge in [0.25, 0.3) is 0 Å². The van der Waals surface area contributed by atoms with Gasteiger partial charge >= 0.3 is 0 Å². The van der Waals surface area contributed by atoms with E-state index in [2.05, 4.69) is 5.32 Å². The average molecular weight is 459 g/mol. The topological polar surface area (TPSA) is 75.7 Å². The summed E-state index contributed by atoms with van der Waals surface area (Å²) in [5.74, 6) is 0.114. The predicted octanol–water partition coefficient (Wildman–Crippen LogP) is 4.22. The van der Waals surface area contributed by atoms with E-state index in [4.69, 9.17) is 16.3 Å². The summed E-state index contributed by atoms with van der Waals surface area (Å²) < 4.78 is 32.8. The summed E-state index contributed by atoms with van der Waals surface area (Å²) in [5, 5.41) is 3.26. The Kier molecular flexibility index (Phi) is 7.68. The molecule has 3 aromatic rings. The highest BCUT2D eigenvalue weighted by atomic mass is 35.5. The first-order valence-electron chi connectivity index (χ1n) is 9.62. The predicted molar refractivity (Wildman–Crippen MR) is 122 cm³/mol. The number of amides is 1. The van der Waals surface area contributed by atoms with Gasteiger partial charge in [-0.15, -0.1) is 0 Å². The maximum Gasteiger partial charge on any atom is 0.243 e. The van der Waals surface area contributed by atoms with E-state index in [-0.39, 0.29) is 18.0 Å². The number of hydrogen-bond donors (Lipinski definition) is 1. The summed E-state index contributed by atoms with van der Waals surface area (Å²) in [6, 6.07) is 22.3. The number of nitrogens with zero attached hydrogens (tertiary/aromatic N) is 1. The number of anilines is 1. The zero-order valence-corrected chi connectivity index (χ0v) is 18.6. The molecular weight excluding hydrogens is 436 g/mol. The lowest BCUT2D eigenvalue weighted by Gasteiger charge is -2.22. The maximum absolute atomic E-state index is 13.3. The minimum Gasteiger partial charge on any atom is -0.497 e. The summed E-state index contributed by atoms with van der Waals surface area (Å²) in [7, 11) is -2.38. The van der Waals surface area contributed by atoms with Gasteiger partial charge in [0.05, 0.1) is 18.6 Å². The van der Waals surface area contributed by atoms with Crippen molar-refractivity contribution in [1.29, 1.82) is 0 Å². The Bertz CT molecular complexity index is 1100. The molecule has 6 nitrogen and oxygen atoms in total. The largest absolute Gasteiger partial charge is 0.497 e. The monoisotopic (exact) mass is 458 g/mol. The Morgan fingerprint density at radius 3 is 2.23 bits per heavy atom. The van der Waals surface area contributed by atoms with Gasteiger partial charge in [-0.3, -0.25) is 4.79 Å². The van der Waals surface area contributed by atoms with Crippen LogP contribution in [-0.4, -0.2) is 38.8 Å². The van der Waals surface area contributed by atoms with Crippen molar-refractivity contribution in [2.45, 2.75) is 11.3 Å². The number of hydrogen-bond acceptors (Lipinski definition) is 4. The van der Waals surface area contributed by atoms with Crippen molar-refractivity contribution >= 4 is 33.2 Å². The highest BCUT2D eigenvalue weighted by molar-refractivity contribution is 7.89. The quantitative estimate of drug-likeness (QED) is 0.521. The fourth-order valence-corrected chi connectivity index (χ4v) is 4.50. The van der Waals surface area contributed by atoms with Crippen LogP contribution in [0.3, 0.4) is 0 Å². The minimum absolute atomic E-state index is 0.0978. The van der Waals surface area contributed by atoms with Crippen molar-refractivity contribution < 1.29 is 17.9 Å². The van der Waals surface area contributed by atoms with Crippen LogP contribution in [0.1, 0.15) is 5.56 Å². The van der Waals surface area contributed by atoms with Gasteiger partial charge in [-0.05, 0) is 60.5 Å². The normalized spacial score (nSPS) is 11.3. The van der Waals surface area contributed by atoms with E-state index >= 15 is 0 Å². The first kappa shape index (κ1) is 22.8. The first-order chi connectivity index (χ1) is 14.9. The van der Waals surface area contributed by atoms with Gasteiger partial charge in [0.1, 0.15) is 5.75 Å². The molecule has 0 aliphatic carbocycles. The number of carbonyl (C=O) groups excluding carboxylic acids is 1. The second-order valence-corrected chi connectivity index (χ2v) is 9.18. The molecule has 0 saturated carbocycles. The van der Waals surface area contributed by atoms with E-state index in [1.54, 1.807) is 36.4 Å². The van der Waals surface area contributed by atoms with Gasteiger partial charge in [-0.2, -0.15) is 4.31 Å². The zero-order chi connectivity index (χ0) is 22.3. The van der Waals surface area contributed by atoms with Crippen LogP contribution in [0.5, 0.6) is 5.75 Å². The van der Waals surface area contributed by atoms with Crippen LogP contribution >= 0.6 is 11.6 Å². The highest BCUT2D eigenvalue weighted by Gasteiger charge is 2.26. The van der Waals surface area contributed by atoms with Crippen molar-refractivity contribution in [3.05, 3.63) is 89.4 Å². The van der Waals surface area contributed by atoms with Crippen molar-refractivity contribution in [1.82, 2.24) is 4.31 Å². The van der Waals surface area contributed by atoms with Crippen LogP contribution in [0.4, 0.5) is 5.69 Å². The third-order valence-electron chi connectivity index (χ3n) is 4.64. The van der Waals surface area contributed by atoms with Crippen molar-refractivity contribution in [2.75, 3.05) is 25.5 Å². The number of sulfonamides is 1. The molecule has 162 valence electrons. The molecule has 3 rings (SSSR count). The van der Waals surface area contributed by atoms with E-state index in [1.807, 2.05) is 30.3 Å². The molecular formula is C23H23ClN2O4S. The summed E-state index contributed by atoms with van der Waals surface area (Å²) in [6.07, 6.45) is 0.477. The van der Waals surface area contributed by atoms with E-state index in [1.165, 1.54) is 23.5 Å². The highest BCUT2D eigenvalue weighted by Crippen LogP contribution is 2.20. The van der Waals surface area contributed by atoms with E-state index in [0.717, 1.165) is 5.56 Å². The van der Waals surface area contributed by atoms with E-state index in [0.29, 0.717) is 22.9 Å². The van der Waals surface area contributed by atoms with Gasteiger partial charge in [0, 0.05) is 17.3 Å². The molecule has 0 aliphatic rings. The summed E-state index contributed by atoms with van der Waals surface area (Å²) in [6.45, 7) is -0.157. The molecule has 0 atom stereocenters. The Labute approximate surface area is 187 Å². The Hall–Kier alpha value is -2.87. The van der Waals surface area contributed by atoms with Crippen molar-refractivity contribution in [3.63, 3.8) is 0 Å². The van der Waals surface area contributed by atoms with Gasteiger partial charge in [0.2, 0.25) is 15.9 Å². The molecule has 0 aliphatic heterocycles. The molecule has 0 unspecified atom stereocenters. The van der Waals surface area contributed by atoms with Crippen molar-refractivity contribution in [3.8, 4) is 5.75 Å². The number of methoxy groups -OCH3 is 1. The van der Waals surface area contributed by atoms with E-state index in [9.17, 15) is 13.2 Å². The molecule has 0 fully saturated rings. The Balaban J connectivity index is 1.80. The third-order valence-corrected chi connectivity index (χ3v) is 6.75. The van der Waals surface area contributed by atoms with Crippen LogP contribution in [-0.2, 0) is 21.2 Å². The summed E-state index contributed by atoms with van der Waals surface area (Å²) in [4.78, 5) is 12.7. The van der Waals surface area contributed by atoms with Crippen LogP contribution in [0.25, 0.3) is 0 Å². The lowest BCUT2D eigenvalue weighted by molar-refractivity contribution is -0.116. The second kappa shape index (κ2) is 10.4. The molecule has 31 heavy (non-hydrogen) atoms. The lowest BCUT2D eigenvalue weighted by atomic mass is 10.1. The van der Waals surface area contributed by atoms with Gasteiger partial charge in [0.15, 0.2) is 0 Å². The second-order valence-electron chi connectivity index (χ2n) is 6.80. The number of carbonyl (C=O) groups is 1. The fourth-order valence-electron chi connectivity index (χ4n) is 2.97. The fraction of sp³-hybridized carbons (Fsp3) is 0.174. The summed E-state index contributed by atoms with van der Waals surface area (Å²) in [5.41, 5.74) is 1.52. The molecule has 0 radical (unpaired) electrons. The third kappa shape index (κ3) is 6.30. The van der Waals surface area contributed by atoms with Crippen molar-refractivity contribution in [2.24, 2.45) is 0 Å². The zero-order valence-electron chi connectivity index (χ0n) is 17.0. The molecule has 0 saturated heterocycles. The molecule has 0 aromatic heterocycles. The van der Waals surface area contributed by atoms with Gasteiger partial charge in [-0.1, -0.05) is 41.9 Å². The molecule has 0 bridgehead atoms. The Morgan fingerprint density at radius 1 is 0.968 bits per heavy atom. The number of benzene rings is 3. The number of rotatable bonds is 9. The van der Waals surface area contributed by atoms with Gasteiger partial charge in [-0.25, -0.2) is 8.42 Å². The van der Waals surface area contributed by atoms with Crippen LogP contribution < -0.4 is 10.1 Å². The molecule has 0 spiro atoms. The number of nitrogens with one attached hydrogen (secondary N) is 1. The number of ether oxygens (including phenoxy) is 1. The van der Waals surface area contributed by atoms with Crippen LogP contribution in [0, 0.1) is 0 Å². The van der Waals surface area contributed by atoms with Crippen LogP contribution in [0.2, 0.25) is 5.02 Å². The Morgan fingerprint density at radius 2 is 1.61 bits per heavy atom. The smallest absolute Gasteiger partial charge is 0.243 e. The average Bonchev–Trinajstić information content (AvgIpc) is 2.78. The SMILES string of the molecule is COc1ccc(S(=O)(=O)N(CCc2ccccc2)CC(=O)Nc2ccc(Cl)cc2)cc1. The van der Waals surface area contributed by atoms with Gasteiger partial charge < -0.3 is 10.1 Å². The molecule has 1 amide bonds. The minimum atomic E-state index is -3.89. The molecule has 0 heterocycles. The first-order valence-corrected chi connectivity index (χ1v) is 11.4. The lowest BCUT2D eigenvalue weighted by Crippen LogP contribution is -2.39. The summed E-state index contributed by atoms with van der Waals surface area (Å²) >= 11 is 5.87. The molecule has 3 aromatic carbocycles.